The predicted octanol–water partition coefficient (Wildman–Crippen LogP) is 7.04. The van der Waals surface area contributed by atoms with E-state index in [1.807, 2.05) is 0 Å². The minimum atomic E-state index is -4.41. The van der Waals surface area contributed by atoms with E-state index < -0.39 is 11.7 Å². The summed E-state index contributed by atoms with van der Waals surface area (Å²) in [6, 6.07) is 17.1. The SMILES string of the molecule is FC(F)(F)c1cccc(NN=Cc2ccccc2OCc2ccc(Cl)cc2Cl)c1. The lowest BCUT2D eigenvalue weighted by Crippen LogP contribution is -2.05. The molecule has 0 aliphatic heterocycles. The molecule has 8 heteroatoms. The van der Waals surface area contributed by atoms with Crippen molar-refractivity contribution >= 4 is 35.1 Å². The highest BCUT2D eigenvalue weighted by atomic mass is 35.5. The van der Waals surface area contributed by atoms with Crippen molar-refractivity contribution in [1.29, 1.82) is 0 Å². The molecule has 1 N–H and O–H groups in total. The molecule has 29 heavy (non-hydrogen) atoms. The van der Waals surface area contributed by atoms with Gasteiger partial charge in [0.05, 0.1) is 17.5 Å². The van der Waals surface area contributed by atoms with Gasteiger partial charge in [-0.15, -0.1) is 0 Å². The fourth-order valence-corrected chi connectivity index (χ4v) is 2.92. The Morgan fingerprint density at radius 2 is 1.76 bits per heavy atom. The van der Waals surface area contributed by atoms with E-state index in [9.17, 15) is 13.2 Å². The molecule has 150 valence electrons. The predicted molar refractivity (Wildman–Crippen MR) is 110 cm³/mol. The maximum absolute atomic E-state index is 12.8. The molecule has 0 aromatic heterocycles. The smallest absolute Gasteiger partial charge is 0.416 e. The van der Waals surface area contributed by atoms with Crippen molar-refractivity contribution in [1.82, 2.24) is 0 Å². The van der Waals surface area contributed by atoms with Crippen molar-refractivity contribution in [2.75, 3.05) is 5.43 Å². The van der Waals surface area contributed by atoms with Crippen LogP contribution < -0.4 is 10.2 Å². The summed E-state index contributed by atoms with van der Waals surface area (Å²) in [4.78, 5) is 0. The zero-order valence-corrected chi connectivity index (χ0v) is 16.4. The Balaban J connectivity index is 1.69. The summed E-state index contributed by atoms with van der Waals surface area (Å²) < 4.78 is 44.2. The lowest BCUT2D eigenvalue weighted by Gasteiger charge is -2.10. The highest BCUT2D eigenvalue weighted by molar-refractivity contribution is 6.35. The van der Waals surface area contributed by atoms with E-state index in [0.29, 0.717) is 21.4 Å². The second kappa shape index (κ2) is 9.20. The van der Waals surface area contributed by atoms with Gasteiger partial charge in [-0.2, -0.15) is 18.3 Å². The third-order valence-electron chi connectivity index (χ3n) is 3.90. The average Bonchev–Trinajstić information content (AvgIpc) is 2.68. The molecule has 0 amide bonds. The summed E-state index contributed by atoms with van der Waals surface area (Å²) in [6.07, 6.45) is -2.94. The van der Waals surface area contributed by atoms with E-state index in [1.165, 1.54) is 18.3 Å². The Morgan fingerprint density at radius 1 is 0.966 bits per heavy atom. The minimum Gasteiger partial charge on any atom is -0.488 e. The maximum atomic E-state index is 12.8. The lowest BCUT2D eigenvalue weighted by molar-refractivity contribution is -0.137. The molecule has 0 aliphatic rings. The van der Waals surface area contributed by atoms with Gasteiger partial charge in [0.1, 0.15) is 12.4 Å². The molecule has 0 fully saturated rings. The van der Waals surface area contributed by atoms with E-state index in [2.05, 4.69) is 10.5 Å². The molecule has 0 saturated carbocycles. The minimum absolute atomic E-state index is 0.224. The standard InChI is InChI=1S/C21H15Cl2F3N2O/c22-17-9-8-15(19(23)11-17)13-29-20-7-2-1-4-14(20)12-27-28-18-6-3-5-16(10-18)21(24,25)26/h1-12,28H,13H2. The van der Waals surface area contributed by atoms with Gasteiger partial charge in [-0.25, -0.2) is 0 Å². The van der Waals surface area contributed by atoms with Gasteiger partial charge in [0.2, 0.25) is 0 Å². The second-order valence-corrected chi connectivity index (χ2v) is 6.85. The third kappa shape index (κ3) is 5.89. The van der Waals surface area contributed by atoms with Crippen molar-refractivity contribution in [3.63, 3.8) is 0 Å². The van der Waals surface area contributed by atoms with Crippen LogP contribution in [0.3, 0.4) is 0 Å². The van der Waals surface area contributed by atoms with E-state index in [0.717, 1.165) is 17.7 Å². The first-order valence-corrected chi connectivity index (χ1v) is 9.20. The molecule has 3 nitrogen and oxygen atoms in total. The van der Waals surface area contributed by atoms with Gasteiger partial charge >= 0.3 is 6.18 Å². The summed E-state index contributed by atoms with van der Waals surface area (Å²) in [6.45, 7) is 0.224. The average molecular weight is 439 g/mol. The largest absolute Gasteiger partial charge is 0.488 e. The number of ether oxygens (including phenoxy) is 1. The summed E-state index contributed by atoms with van der Waals surface area (Å²) in [7, 11) is 0. The number of anilines is 1. The Bertz CT molecular complexity index is 1020. The van der Waals surface area contributed by atoms with E-state index in [-0.39, 0.29) is 12.3 Å². The Morgan fingerprint density at radius 3 is 2.52 bits per heavy atom. The number of rotatable bonds is 6. The number of nitrogens with one attached hydrogen (secondary N) is 1. The molecule has 3 rings (SSSR count). The van der Waals surface area contributed by atoms with Gasteiger partial charge in [0.25, 0.3) is 0 Å². The lowest BCUT2D eigenvalue weighted by atomic mass is 10.2. The number of halogens is 5. The first-order chi connectivity index (χ1) is 13.8. The molecule has 0 spiro atoms. The van der Waals surface area contributed by atoms with Crippen LogP contribution in [0.4, 0.5) is 18.9 Å². The Kier molecular flexibility index (Phi) is 6.67. The van der Waals surface area contributed by atoms with Gasteiger partial charge in [-0.3, -0.25) is 5.43 Å². The number of hydrogen-bond donors (Lipinski definition) is 1. The quantitative estimate of drug-likeness (QED) is 0.330. The van der Waals surface area contributed by atoms with Gasteiger partial charge in [-0.05, 0) is 42.5 Å². The van der Waals surface area contributed by atoms with Crippen molar-refractivity contribution in [3.8, 4) is 5.75 Å². The number of nitrogens with zero attached hydrogens (tertiary/aromatic N) is 1. The van der Waals surface area contributed by atoms with E-state index >= 15 is 0 Å². The molecule has 0 heterocycles. The second-order valence-electron chi connectivity index (χ2n) is 6.01. The zero-order chi connectivity index (χ0) is 20.9. The first kappa shape index (κ1) is 21.0. The number of para-hydroxylation sites is 1. The first-order valence-electron chi connectivity index (χ1n) is 8.45. The summed E-state index contributed by atoms with van der Waals surface area (Å²) in [5.74, 6) is 0.549. The van der Waals surface area contributed by atoms with Crippen molar-refractivity contribution in [3.05, 3.63) is 93.5 Å². The molecule has 0 unspecified atom stereocenters. The normalized spacial score (nSPS) is 11.6. The van der Waals surface area contributed by atoms with Crippen LogP contribution in [-0.2, 0) is 12.8 Å². The fraction of sp³-hybridized carbons (Fsp3) is 0.0952. The number of benzene rings is 3. The van der Waals surface area contributed by atoms with Crippen LogP contribution in [0.2, 0.25) is 10.0 Å². The summed E-state index contributed by atoms with van der Waals surface area (Å²) in [5, 5.41) is 5.04. The Hall–Kier alpha value is -2.70. The number of alkyl halides is 3. The molecular weight excluding hydrogens is 424 g/mol. The molecule has 0 saturated heterocycles. The number of hydrazone groups is 1. The van der Waals surface area contributed by atoms with Crippen molar-refractivity contribution in [2.24, 2.45) is 5.10 Å². The molecule has 3 aromatic carbocycles. The molecule has 0 aliphatic carbocycles. The molecule has 0 radical (unpaired) electrons. The van der Waals surface area contributed by atoms with Gasteiger partial charge in [-0.1, -0.05) is 47.5 Å². The van der Waals surface area contributed by atoms with Crippen LogP contribution in [0.5, 0.6) is 5.75 Å². The van der Waals surface area contributed by atoms with E-state index in [4.69, 9.17) is 27.9 Å². The highest BCUT2D eigenvalue weighted by Gasteiger charge is 2.30. The highest BCUT2D eigenvalue weighted by Crippen LogP contribution is 2.30. The zero-order valence-electron chi connectivity index (χ0n) is 14.9. The van der Waals surface area contributed by atoms with Crippen LogP contribution >= 0.6 is 23.2 Å². The Labute approximate surface area is 175 Å². The van der Waals surface area contributed by atoms with Crippen LogP contribution in [0, 0.1) is 0 Å². The summed E-state index contributed by atoms with van der Waals surface area (Å²) >= 11 is 12.0. The van der Waals surface area contributed by atoms with Crippen LogP contribution in [0.1, 0.15) is 16.7 Å². The van der Waals surface area contributed by atoms with Crippen LogP contribution in [-0.4, -0.2) is 6.21 Å². The topological polar surface area (TPSA) is 33.6 Å². The van der Waals surface area contributed by atoms with Gasteiger partial charge in [0.15, 0.2) is 0 Å². The maximum Gasteiger partial charge on any atom is 0.416 e. The molecular formula is C21H15Cl2F3N2O. The van der Waals surface area contributed by atoms with Crippen LogP contribution in [0.15, 0.2) is 71.8 Å². The molecule has 0 atom stereocenters. The molecule has 3 aromatic rings. The summed E-state index contributed by atoms with van der Waals surface area (Å²) in [5.41, 5.74) is 3.49. The van der Waals surface area contributed by atoms with Crippen LogP contribution in [0.25, 0.3) is 0 Å². The van der Waals surface area contributed by atoms with Gasteiger partial charge < -0.3 is 4.74 Å². The van der Waals surface area contributed by atoms with Crippen molar-refractivity contribution < 1.29 is 17.9 Å². The van der Waals surface area contributed by atoms with Gasteiger partial charge in [0, 0.05) is 21.2 Å². The third-order valence-corrected chi connectivity index (χ3v) is 4.49. The van der Waals surface area contributed by atoms with E-state index in [1.54, 1.807) is 42.5 Å². The van der Waals surface area contributed by atoms with Crippen molar-refractivity contribution in [2.45, 2.75) is 12.8 Å². The monoisotopic (exact) mass is 438 g/mol. The number of hydrogen-bond acceptors (Lipinski definition) is 3. The fourth-order valence-electron chi connectivity index (χ4n) is 2.45. The molecule has 0 bridgehead atoms.